The SMILES string of the molecule is CCC(C)C(C(=O)NC(Cc1ccccc1)C(O)CN(CC1CC1)NC(=O)C(NC(=O)OC)C(C)(C)C)N1CCN(Cc2cccc(C)n2)C1=O. The molecule has 4 N–H and O–H groups in total. The molecule has 2 aliphatic rings. The summed E-state index contributed by atoms with van der Waals surface area (Å²) in [5.41, 5.74) is 4.90. The van der Waals surface area contributed by atoms with E-state index in [2.05, 4.69) is 21.0 Å². The zero-order chi connectivity index (χ0) is 37.3. The highest BCUT2D eigenvalue weighted by Gasteiger charge is 2.41. The number of hydrogen-bond acceptors (Lipinski definition) is 8. The van der Waals surface area contributed by atoms with Gasteiger partial charge in [-0.25, -0.2) is 14.6 Å². The Bertz CT molecular complexity index is 1480. The van der Waals surface area contributed by atoms with E-state index in [-0.39, 0.29) is 24.4 Å². The third-order valence-corrected chi connectivity index (χ3v) is 9.73. The molecule has 280 valence electrons. The summed E-state index contributed by atoms with van der Waals surface area (Å²) in [6, 6.07) is 12.7. The zero-order valence-electron chi connectivity index (χ0n) is 31.2. The highest BCUT2D eigenvalue weighted by molar-refractivity contribution is 5.88. The number of urea groups is 1. The topological polar surface area (TPSA) is 156 Å². The molecule has 0 bridgehead atoms. The number of methoxy groups -OCH3 is 1. The standard InChI is InChI=1S/C38H57N7O6/c1-8-25(2)32(45-20-19-43(37(45)50)23-29-16-12-13-26(3)39-29)34(47)40-30(21-27-14-10-9-11-15-27)31(46)24-44(22-28-17-18-28)42-35(48)33(38(4,5)6)41-36(49)51-7/h9-16,25,28,30-33,46H,8,17-24H2,1-7H3,(H,40,47)(H,41,49)(H,42,48). The number of carbonyl (C=O) groups excluding carboxylic acids is 4. The van der Waals surface area contributed by atoms with Gasteiger partial charge in [0.05, 0.1) is 31.5 Å². The first-order valence-corrected chi connectivity index (χ1v) is 18.1. The van der Waals surface area contributed by atoms with Gasteiger partial charge in [0.25, 0.3) is 5.91 Å². The monoisotopic (exact) mass is 707 g/mol. The van der Waals surface area contributed by atoms with Crippen molar-refractivity contribution < 1.29 is 29.0 Å². The lowest BCUT2D eigenvalue weighted by atomic mass is 9.86. The minimum atomic E-state index is -1.09. The Morgan fingerprint density at radius 1 is 1.04 bits per heavy atom. The molecular formula is C38H57N7O6. The number of nitrogens with zero attached hydrogens (tertiary/aromatic N) is 4. The van der Waals surface area contributed by atoms with E-state index >= 15 is 0 Å². The van der Waals surface area contributed by atoms with E-state index in [0.29, 0.717) is 44.9 Å². The Morgan fingerprint density at radius 2 is 1.75 bits per heavy atom. The number of nitrogens with one attached hydrogen (secondary N) is 3. The van der Waals surface area contributed by atoms with Crippen LogP contribution in [0.4, 0.5) is 9.59 Å². The van der Waals surface area contributed by atoms with Gasteiger partial charge in [-0.2, -0.15) is 0 Å². The van der Waals surface area contributed by atoms with Gasteiger partial charge in [0, 0.05) is 31.9 Å². The molecule has 2 aromatic rings. The third-order valence-electron chi connectivity index (χ3n) is 9.73. The van der Waals surface area contributed by atoms with Crippen molar-refractivity contribution in [2.24, 2.45) is 17.3 Å². The average molecular weight is 708 g/mol. The van der Waals surface area contributed by atoms with Crippen molar-refractivity contribution in [1.29, 1.82) is 0 Å². The quantitative estimate of drug-likeness (QED) is 0.182. The van der Waals surface area contributed by atoms with Gasteiger partial charge in [0.1, 0.15) is 12.1 Å². The molecule has 0 radical (unpaired) electrons. The number of carbonyl (C=O) groups is 4. The first kappa shape index (κ1) is 39.6. The molecule has 5 amide bonds. The van der Waals surface area contributed by atoms with Crippen molar-refractivity contribution in [1.82, 2.24) is 35.9 Å². The van der Waals surface area contributed by atoms with E-state index in [4.69, 9.17) is 4.74 Å². The summed E-state index contributed by atoms with van der Waals surface area (Å²) in [4.78, 5) is 61.7. The average Bonchev–Trinajstić information content (AvgIpc) is 3.84. The second kappa shape index (κ2) is 17.8. The van der Waals surface area contributed by atoms with Crippen LogP contribution in [0.3, 0.4) is 0 Å². The van der Waals surface area contributed by atoms with Gasteiger partial charge in [0.15, 0.2) is 0 Å². The zero-order valence-corrected chi connectivity index (χ0v) is 31.2. The number of aliphatic hydroxyl groups excluding tert-OH is 1. The molecule has 2 heterocycles. The van der Waals surface area contributed by atoms with Crippen LogP contribution in [0, 0.1) is 24.2 Å². The number of ether oxygens (including phenoxy) is 1. The second-order valence-corrected chi connectivity index (χ2v) is 15.1. The summed E-state index contributed by atoms with van der Waals surface area (Å²) < 4.78 is 4.77. The molecule has 2 fully saturated rings. The number of benzene rings is 1. The molecule has 1 aliphatic carbocycles. The summed E-state index contributed by atoms with van der Waals surface area (Å²) >= 11 is 0. The number of aryl methyl sites for hydroxylation is 1. The van der Waals surface area contributed by atoms with Crippen LogP contribution < -0.4 is 16.1 Å². The van der Waals surface area contributed by atoms with E-state index in [1.54, 1.807) is 14.8 Å². The maximum atomic E-state index is 14.3. The maximum absolute atomic E-state index is 14.3. The Hall–Kier alpha value is -4.23. The molecule has 1 saturated heterocycles. The van der Waals surface area contributed by atoms with Gasteiger partial charge in [0.2, 0.25) is 5.91 Å². The summed E-state index contributed by atoms with van der Waals surface area (Å²) in [6.45, 7) is 13.2. The van der Waals surface area contributed by atoms with Crippen LogP contribution in [-0.2, 0) is 27.3 Å². The van der Waals surface area contributed by atoms with Crippen LogP contribution in [0.1, 0.15) is 70.8 Å². The molecule has 13 nitrogen and oxygen atoms in total. The van der Waals surface area contributed by atoms with Gasteiger partial charge in [-0.3, -0.25) is 20.0 Å². The van der Waals surface area contributed by atoms with Crippen LogP contribution >= 0.6 is 0 Å². The molecule has 5 atom stereocenters. The van der Waals surface area contributed by atoms with E-state index < -0.39 is 41.6 Å². The number of hydrogen-bond donors (Lipinski definition) is 4. The second-order valence-electron chi connectivity index (χ2n) is 15.1. The third kappa shape index (κ3) is 11.4. The number of aliphatic hydroxyl groups is 1. The Kier molecular flexibility index (Phi) is 13.8. The fourth-order valence-corrected chi connectivity index (χ4v) is 6.44. The van der Waals surface area contributed by atoms with Crippen molar-refractivity contribution in [3.63, 3.8) is 0 Å². The molecule has 1 aliphatic heterocycles. The number of pyridine rings is 1. The Labute approximate surface area is 302 Å². The maximum Gasteiger partial charge on any atom is 0.407 e. The van der Waals surface area contributed by atoms with Crippen LogP contribution in [0.25, 0.3) is 0 Å². The fourth-order valence-electron chi connectivity index (χ4n) is 6.44. The minimum absolute atomic E-state index is 0.0308. The molecule has 0 spiro atoms. The molecule has 1 saturated carbocycles. The van der Waals surface area contributed by atoms with Gasteiger partial charge < -0.3 is 30.3 Å². The minimum Gasteiger partial charge on any atom is -0.453 e. The highest BCUT2D eigenvalue weighted by atomic mass is 16.5. The summed E-state index contributed by atoms with van der Waals surface area (Å²) in [6.07, 6.45) is 1.21. The molecule has 5 unspecified atom stereocenters. The lowest BCUT2D eigenvalue weighted by molar-refractivity contribution is -0.132. The van der Waals surface area contributed by atoms with Crippen LogP contribution in [0.5, 0.6) is 0 Å². The number of hydrazine groups is 1. The lowest BCUT2D eigenvalue weighted by Crippen LogP contribution is -2.60. The first-order chi connectivity index (χ1) is 24.2. The lowest BCUT2D eigenvalue weighted by Gasteiger charge is -2.36. The van der Waals surface area contributed by atoms with Crippen molar-refractivity contribution in [2.75, 3.05) is 33.3 Å². The summed E-state index contributed by atoms with van der Waals surface area (Å²) in [7, 11) is 1.24. The van der Waals surface area contributed by atoms with Gasteiger partial charge >= 0.3 is 12.1 Å². The van der Waals surface area contributed by atoms with E-state index in [1.807, 2.05) is 90.1 Å². The largest absolute Gasteiger partial charge is 0.453 e. The number of alkyl carbamates (subject to hydrolysis) is 1. The summed E-state index contributed by atoms with van der Waals surface area (Å²) in [5, 5.41) is 19.3. The van der Waals surface area contributed by atoms with Crippen molar-refractivity contribution in [3.05, 3.63) is 65.5 Å². The molecule has 1 aromatic carbocycles. The van der Waals surface area contributed by atoms with Gasteiger partial charge in [-0.05, 0) is 61.1 Å². The molecule has 13 heteroatoms. The fraction of sp³-hybridized carbons (Fsp3) is 0.605. The summed E-state index contributed by atoms with van der Waals surface area (Å²) in [5.74, 6) is -0.557. The normalized spacial score (nSPS) is 17.8. The Balaban J connectivity index is 1.53. The van der Waals surface area contributed by atoms with Crippen molar-refractivity contribution >= 4 is 23.9 Å². The van der Waals surface area contributed by atoms with Crippen LogP contribution in [-0.4, -0.2) is 106 Å². The molecular weight excluding hydrogens is 650 g/mol. The smallest absolute Gasteiger partial charge is 0.407 e. The van der Waals surface area contributed by atoms with Gasteiger partial charge in [-0.1, -0.05) is 77.4 Å². The number of rotatable bonds is 17. The number of aromatic nitrogens is 1. The van der Waals surface area contributed by atoms with Crippen LogP contribution in [0.2, 0.25) is 0 Å². The van der Waals surface area contributed by atoms with Gasteiger partial charge in [-0.15, -0.1) is 0 Å². The van der Waals surface area contributed by atoms with E-state index in [0.717, 1.165) is 29.8 Å². The molecule has 1 aromatic heterocycles. The Morgan fingerprint density at radius 3 is 2.35 bits per heavy atom. The predicted octanol–water partition coefficient (Wildman–Crippen LogP) is 3.64. The highest BCUT2D eigenvalue weighted by Crippen LogP contribution is 2.30. The van der Waals surface area contributed by atoms with Crippen LogP contribution in [0.15, 0.2) is 48.5 Å². The molecule has 4 rings (SSSR count). The van der Waals surface area contributed by atoms with Crippen molar-refractivity contribution in [2.45, 2.75) is 98.0 Å². The van der Waals surface area contributed by atoms with E-state index in [1.165, 1.54) is 7.11 Å². The number of amides is 5. The first-order valence-electron chi connectivity index (χ1n) is 18.1. The predicted molar refractivity (Wildman–Crippen MR) is 194 cm³/mol. The molecule has 51 heavy (non-hydrogen) atoms. The van der Waals surface area contributed by atoms with E-state index in [9.17, 15) is 24.3 Å². The van der Waals surface area contributed by atoms with Crippen molar-refractivity contribution in [3.8, 4) is 0 Å².